The number of benzene rings is 6. The van der Waals surface area contributed by atoms with Gasteiger partial charge in [-0.1, -0.05) is 125 Å². The van der Waals surface area contributed by atoms with E-state index in [-0.39, 0.29) is 147 Å². The number of terminal acetylenes is 1. The van der Waals surface area contributed by atoms with Crippen molar-refractivity contribution in [3.05, 3.63) is 225 Å². The molecule has 0 spiro atoms. The van der Waals surface area contributed by atoms with E-state index >= 15 is 0 Å². The van der Waals surface area contributed by atoms with Crippen molar-refractivity contribution in [3.8, 4) is 23.8 Å². The van der Waals surface area contributed by atoms with Gasteiger partial charge in [0.05, 0.1) is 154 Å². The van der Waals surface area contributed by atoms with Gasteiger partial charge in [0.15, 0.2) is 0 Å². The van der Waals surface area contributed by atoms with Gasteiger partial charge in [0.25, 0.3) is 23.6 Å². The Labute approximate surface area is 732 Å². The number of aromatic nitrogens is 3. The summed E-state index contributed by atoms with van der Waals surface area (Å²) < 4.78 is 78.3. The number of imide groups is 2. The van der Waals surface area contributed by atoms with E-state index in [2.05, 4.69) is 47.5 Å². The number of hydrogen-bond donors (Lipinski definition) is 4. The predicted molar refractivity (Wildman–Crippen MR) is 457 cm³/mol. The van der Waals surface area contributed by atoms with Crippen molar-refractivity contribution in [2.45, 2.75) is 117 Å². The van der Waals surface area contributed by atoms with E-state index in [0.717, 1.165) is 22.3 Å². The lowest BCUT2D eigenvalue weighted by Crippen LogP contribution is -2.43. The Morgan fingerprint density at radius 3 is 1.17 bits per heavy atom. The monoisotopic (exact) mass is 1740 g/mol. The molecule has 8 amide bonds. The second kappa shape index (κ2) is 56.2. The Hall–Kier alpha value is -12.7. The lowest BCUT2D eigenvalue weighted by Gasteiger charge is -2.19. The molecule has 126 heavy (non-hydrogen) atoms. The van der Waals surface area contributed by atoms with Gasteiger partial charge in [-0.3, -0.25) is 43.2 Å². The van der Waals surface area contributed by atoms with Gasteiger partial charge in [0.2, 0.25) is 11.8 Å². The van der Waals surface area contributed by atoms with Gasteiger partial charge in [-0.2, -0.15) is 0 Å². The normalized spacial score (nSPS) is 12.5. The molecule has 7 aromatic rings. The molecule has 2 aliphatic rings. The van der Waals surface area contributed by atoms with Gasteiger partial charge in [0.1, 0.15) is 66.9 Å². The summed E-state index contributed by atoms with van der Waals surface area (Å²) in [5.74, 6) is 0.533. The molecule has 36 nitrogen and oxygen atoms in total. The summed E-state index contributed by atoms with van der Waals surface area (Å²) in [5.41, 5.74) is 12.4. The average Bonchev–Trinajstić information content (AvgIpc) is 1.65. The second-order valence-corrected chi connectivity index (χ2v) is 29.7. The average molecular weight is 1750 g/mol. The topological polar surface area (TPSA) is 434 Å². The minimum absolute atomic E-state index is 0.0240. The van der Waals surface area contributed by atoms with Gasteiger partial charge in [-0.05, 0) is 118 Å². The minimum Gasteiger partial charge on any atom is -0.487 e. The van der Waals surface area contributed by atoms with E-state index in [1.807, 2.05) is 84.9 Å². The van der Waals surface area contributed by atoms with Crippen molar-refractivity contribution in [3.63, 3.8) is 0 Å². The molecule has 3 heterocycles. The van der Waals surface area contributed by atoms with Gasteiger partial charge >= 0.3 is 24.1 Å². The maximum Gasteiger partial charge on any atom is 0.407 e. The van der Waals surface area contributed by atoms with E-state index in [0.29, 0.717) is 125 Å². The smallest absolute Gasteiger partial charge is 0.407 e. The van der Waals surface area contributed by atoms with Gasteiger partial charge in [0, 0.05) is 50.2 Å². The Bertz CT molecular complexity index is 4560. The molecule has 36 heteroatoms. The largest absolute Gasteiger partial charge is 0.487 e. The molecule has 0 saturated carbocycles. The number of hydrogen-bond acceptors (Lipinski definition) is 27. The zero-order valence-corrected chi connectivity index (χ0v) is 71.9. The van der Waals surface area contributed by atoms with Gasteiger partial charge in [-0.25, -0.2) is 19.2 Å². The van der Waals surface area contributed by atoms with Crippen molar-refractivity contribution >= 4 is 59.6 Å². The molecule has 6 aromatic carbocycles. The Morgan fingerprint density at radius 1 is 0.444 bits per heavy atom. The molecule has 676 valence electrons. The molecule has 0 aliphatic carbocycles. The first-order valence-electron chi connectivity index (χ1n) is 41.1. The van der Waals surface area contributed by atoms with Crippen LogP contribution in [0.1, 0.15) is 124 Å². The quantitative estimate of drug-likeness (QED) is 0.00403. The lowest BCUT2D eigenvalue weighted by atomic mass is 10.1. The van der Waals surface area contributed by atoms with Crippen molar-refractivity contribution in [1.82, 2.24) is 46.1 Å². The van der Waals surface area contributed by atoms with Crippen LogP contribution in [-0.2, 0) is 115 Å². The molecule has 0 bridgehead atoms. The third-order valence-corrected chi connectivity index (χ3v) is 17.5. The number of azide groups is 1. The summed E-state index contributed by atoms with van der Waals surface area (Å²) in [7, 11) is 0. The molecule has 0 saturated heterocycles. The molecule has 0 unspecified atom stereocenters. The lowest BCUT2D eigenvalue weighted by molar-refractivity contribution is -0.149. The van der Waals surface area contributed by atoms with Crippen LogP contribution in [0, 0.1) is 12.3 Å². The van der Waals surface area contributed by atoms with E-state index < -0.39 is 47.4 Å². The first-order chi connectivity index (χ1) is 60.9. The molecule has 9 rings (SSSR count). The van der Waals surface area contributed by atoms with Crippen LogP contribution in [0.2, 0.25) is 0 Å². The minimum atomic E-state index is -0.946. The van der Waals surface area contributed by atoms with Crippen LogP contribution in [0.5, 0.6) is 11.5 Å². The fourth-order valence-corrected chi connectivity index (χ4v) is 11.5. The second-order valence-electron chi connectivity index (χ2n) is 29.7. The van der Waals surface area contributed by atoms with Crippen LogP contribution in [-0.4, -0.2) is 253 Å². The summed E-state index contributed by atoms with van der Waals surface area (Å²) in [4.78, 5) is 129. The highest BCUT2D eigenvalue weighted by atomic mass is 16.6. The standard InChI is InChI=1S/C45H56N6O12.C38H42N2O10.C7H14N4O2/c1-45(2,3)63-44(56)46-18-19-50-30-35(48-49-50)32-61-36-15-13-33(14-16-36)29-39(43(55)62-31-34-9-5-4-6-10-34)47-40(52)17-21-57-23-25-59-27-28-60-26-24-58-22-20-51-41(53)37-11-7-8-12-38(37)42(51)54;1-2-18-49-31-14-12-29(13-15-31)27-34(38(44)50-28-30-8-4-3-5-9-30)39-35(41)16-19-45-21-23-47-25-26-48-24-22-46-20-17-40-36(42)32-10-6-7-11-33(32)37(40)43;1-7(2,3)13-6(12)9-4-5-10-11-8/h4-16,30,39H,17-29,31-32H2,1-3H3,(H,46,56)(H,47,52);1,3-15,34H,16-28H2,(H,39,41);4-5H2,1-3H3,(H,9,12)/t39-;34-;/m00./s1. The first-order valence-corrected chi connectivity index (χ1v) is 41.1. The molecule has 0 radical (unpaired) electrons. The van der Waals surface area contributed by atoms with Crippen LogP contribution in [0.15, 0.2) is 169 Å². The predicted octanol–water partition coefficient (Wildman–Crippen LogP) is 8.95. The third-order valence-electron chi connectivity index (χ3n) is 17.5. The summed E-state index contributed by atoms with van der Waals surface area (Å²) in [6, 6.07) is 44.5. The van der Waals surface area contributed by atoms with Crippen LogP contribution in [0.4, 0.5) is 9.59 Å². The summed E-state index contributed by atoms with van der Waals surface area (Å²) in [6.45, 7) is 17.3. The number of alkyl carbamates (subject to hydrolysis) is 2. The van der Waals surface area contributed by atoms with Crippen LogP contribution in [0.3, 0.4) is 0 Å². The molecule has 2 atom stereocenters. The highest BCUT2D eigenvalue weighted by molar-refractivity contribution is 6.22. The Kier molecular flexibility index (Phi) is 44.8. The summed E-state index contributed by atoms with van der Waals surface area (Å²) in [5, 5.41) is 22.1. The van der Waals surface area contributed by atoms with Gasteiger partial charge in [-0.15, -0.1) is 11.5 Å². The number of carbonyl (C=O) groups is 10. The maximum atomic E-state index is 13.2. The summed E-state index contributed by atoms with van der Waals surface area (Å²) in [6.07, 6.45) is 6.46. The van der Waals surface area contributed by atoms with Crippen LogP contribution >= 0.6 is 0 Å². The van der Waals surface area contributed by atoms with Crippen molar-refractivity contribution in [2.75, 3.05) is 145 Å². The van der Waals surface area contributed by atoms with E-state index in [1.165, 1.54) is 9.80 Å². The Morgan fingerprint density at radius 2 is 0.802 bits per heavy atom. The van der Waals surface area contributed by atoms with E-state index in [9.17, 15) is 47.9 Å². The number of esters is 2. The number of fused-ring (bicyclic) bond motifs is 2. The fraction of sp³-hybridized carbons (Fsp3) is 0.444. The van der Waals surface area contributed by atoms with Crippen molar-refractivity contribution < 1.29 is 114 Å². The number of amides is 8. The number of nitrogens with one attached hydrogen (secondary N) is 4. The maximum absolute atomic E-state index is 13.2. The van der Waals surface area contributed by atoms with E-state index in [1.54, 1.807) is 125 Å². The first kappa shape index (κ1) is 100. The van der Waals surface area contributed by atoms with Crippen LogP contribution < -0.4 is 30.7 Å². The number of nitrogens with zero attached hydrogens (tertiary/aromatic N) is 8. The molecule has 0 fully saturated rings. The number of ether oxygens (including phenoxy) is 14. The highest BCUT2D eigenvalue weighted by Crippen LogP contribution is 2.25. The summed E-state index contributed by atoms with van der Waals surface area (Å²) >= 11 is 0. The zero-order chi connectivity index (χ0) is 90.6. The van der Waals surface area contributed by atoms with Crippen molar-refractivity contribution in [1.29, 1.82) is 0 Å². The highest BCUT2D eigenvalue weighted by Gasteiger charge is 2.36. The SMILES string of the molecule is C#CCOc1ccc(C[C@H](NC(=O)CCOCCOCCOCCOCCN2C(=O)c3ccccc3C2=O)C(=O)OCc2ccccc2)cc1.CC(C)(C)OC(=O)NCCN=[N+]=[N-].CC(C)(C)OC(=O)NCCn1cc(COc2ccc(C[C@H](NC(=O)CCOCCOCCOCCOCCN3C(=O)c4ccccc4C3=O)C(=O)OCc3ccccc3)cc2)nn1. The molecular formula is C90H112N12O24. The third kappa shape index (κ3) is 39.4. The molecule has 2 aliphatic heterocycles. The fourth-order valence-electron chi connectivity index (χ4n) is 11.5. The number of rotatable bonds is 53. The molecule has 4 N–H and O–H groups in total. The molecule has 1 aromatic heterocycles. The zero-order valence-electron chi connectivity index (χ0n) is 71.9. The van der Waals surface area contributed by atoms with Crippen LogP contribution in [0.25, 0.3) is 10.4 Å². The number of carbonyl (C=O) groups excluding carboxylic acids is 10. The van der Waals surface area contributed by atoms with Crippen molar-refractivity contribution in [2.24, 2.45) is 5.11 Å². The van der Waals surface area contributed by atoms with Gasteiger partial charge < -0.3 is 87.6 Å². The molecular weight excluding hydrogens is 1630 g/mol. The Balaban J connectivity index is 0.000000308. The van der Waals surface area contributed by atoms with E-state index in [4.69, 9.17) is 78.3 Å².